The summed E-state index contributed by atoms with van der Waals surface area (Å²) in [7, 11) is 0. The highest BCUT2D eigenvalue weighted by atomic mass is 16.6. The van der Waals surface area contributed by atoms with Gasteiger partial charge >= 0.3 is 0 Å². The summed E-state index contributed by atoms with van der Waals surface area (Å²) in [6, 6.07) is -0.0831. The first-order valence-electron chi connectivity index (χ1n) is 10.9. The summed E-state index contributed by atoms with van der Waals surface area (Å²) in [4.78, 5) is 13.0. The molecule has 0 amide bonds. The Morgan fingerprint density at radius 3 is 2.58 bits per heavy atom. The Bertz CT molecular complexity index is 955. The molecule has 168 valence electrons. The van der Waals surface area contributed by atoms with Crippen LogP contribution in [0.25, 0.3) is 11.2 Å². The van der Waals surface area contributed by atoms with E-state index in [1.165, 1.54) is 12.7 Å². The second-order valence-electron chi connectivity index (χ2n) is 8.87. The molecule has 2 saturated heterocycles. The maximum absolute atomic E-state index is 10.7. The zero-order valence-electron chi connectivity index (χ0n) is 16.8. The number of ether oxygens (including phenoxy) is 2. The highest BCUT2D eigenvalue weighted by Crippen LogP contribution is 2.38. The third kappa shape index (κ3) is 3.39. The molecule has 31 heavy (non-hydrogen) atoms. The summed E-state index contributed by atoms with van der Waals surface area (Å²) < 4.78 is 13.6. The zero-order valence-corrected chi connectivity index (χ0v) is 16.8. The fourth-order valence-electron chi connectivity index (χ4n) is 4.77. The Morgan fingerprint density at radius 2 is 1.81 bits per heavy atom. The molecule has 2 saturated carbocycles. The fourth-order valence-corrected chi connectivity index (χ4v) is 4.77. The summed E-state index contributed by atoms with van der Waals surface area (Å²) in [5.41, 5.74) is 7.10. The third-order valence-electron chi connectivity index (χ3n) is 6.72. The van der Waals surface area contributed by atoms with Crippen LogP contribution in [0.2, 0.25) is 0 Å². The van der Waals surface area contributed by atoms with Crippen LogP contribution in [-0.4, -0.2) is 77.8 Å². The van der Waals surface area contributed by atoms with Gasteiger partial charge in [-0.1, -0.05) is 0 Å². The van der Waals surface area contributed by atoms with Gasteiger partial charge in [0.15, 0.2) is 29.4 Å². The molecule has 4 aliphatic rings. The van der Waals surface area contributed by atoms with Crippen molar-refractivity contribution in [3.63, 3.8) is 0 Å². The largest absolute Gasteiger partial charge is 0.391 e. The van der Waals surface area contributed by atoms with Gasteiger partial charge < -0.3 is 30.1 Å². The molecule has 8 atom stereocenters. The Hall–Kier alpha value is -1.93. The SMILES string of the molecule is OC1CCCC1Nc1ncnc2c1ncn2[C@@H]1O[C@H](C2NNC(C3CC3)O2)[C@@H](O)[C@H]1O. The number of aromatic nitrogens is 4. The fraction of sp³-hybridized carbons (Fsp3) is 0.737. The number of hydrogen-bond donors (Lipinski definition) is 6. The molecule has 2 aliphatic carbocycles. The van der Waals surface area contributed by atoms with Crippen molar-refractivity contribution in [2.75, 3.05) is 5.32 Å². The summed E-state index contributed by atoms with van der Waals surface area (Å²) in [6.45, 7) is 0. The van der Waals surface area contributed by atoms with Crippen LogP contribution in [0, 0.1) is 5.92 Å². The summed E-state index contributed by atoms with van der Waals surface area (Å²) >= 11 is 0. The normalized spacial score (nSPS) is 40.7. The van der Waals surface area contributed by atoms with Crippen molar-refractivity contribution in [1.82, 2.24) is 30.4 Å². The third-order valence-corrected chi connectivity index (χ3v) is 6.72. The molecule has 2 aromatic heterocycles. The highest BCUT2D eigenvalue weighted by Gasteiger charge is 2.51. The van der Waals surface area contributed by atoms with Crippen LogP contribution in [0.3, 0.4) is 0 Å². The molecular formula is C19H27N7O5. The molecule has 0 spiro atoms. The van der Waals surface area contributed by atoms with Crippen LogP contribution in [0.5, 0.6) is 0 Å². The van der Waals surface area contributed by atoms with E-state index in [4.69, 9.17) is 9.47 Å². The lowest BCUT2D eigenvalue weighted by Crippen LogP contribution is -2.46. The second-order valence-corrected chi connectivity index (χ2v) is 8.87. The van der Waals surface area contributed by atoms with Crippen molar-refractivity contribution < 1.29 is 24.8 Å². The molecule has 12 heteroatoms. The molecule has 4 fully saturated rings. The molecule has 6 N–H and O–H groups in total. The predicted octanol–water partition coefficient (Wildman–Crippen LogP) is -1.04. The molecule has 0 aromatic carbocycles. The lowest BCUT2D eigenvalue weighted by molar-refractivity contribution is -0.111. The number of imidazole rings is 1. The Balaban J connectivity index is 1.23. The summed E-state index contributed by atoms with van der Waals surface area (Å²) in [5.74, 6) is 0.993. The lowest BCUT2D eigenvalue weighted by Gasteiger charge is -2.21. The topological polar surface area (TPSA) is 159 Å². The number of hydrogen-bond acceptors (Lipinski definition) is 11. The Labute approximate surface area is 178 Å². The minimum absolute atomic E-state index is 0.0831. The number of nitrogens with zero attached hydrogens (tertiary/aromatic N) is 4. The van der Waals surface area contributed by atoms with Gasteiger partial charge in [-0.3, -0.25) is 4.57 Å². The van der Waals surface area contributed by atoms with Gasteiger partial charge in [-0.2, -0.15) is 0 Å². The molecule has 0 bridgehead atoms. The summed E-state index contributed by atoms with van der Waals surface area (Å²) in [6.07, 6.45) is 2.64. The zero-order chi connectivity index (χ0) is 21.1. The van der Waals surface area contributed by atoms with Crippen LogP contribution in [0.4, 0.5) is 5.82 Å². The van der Waals surface area contributed by atoms with Crippen LogP contribution >= 0.6 is 0 Å². The molecule has 12 nitrogen and oxygen atoms in total. The van der Waals surface area contributed by atoms with E-state index in [1.807, 2.05) is 0 Å². The van der Waals surface area contributed by atoms with Gasteiger partial charge in [0.25, 0.3) is 0 Å². The van der Waals surface area contributed by atoms with Crippen molar-refractivity contribution >= 4 is 17.0 Å². The standard InChI is InChI=1S/C19H27N7O5/c27-10-3-1-2-9(10)23-15-11-16(21-6-20-15)26(7-22-11)19-13(29)12(28)14(30-19)18-25-24-17(31-18)8-4-5-8/h6-10,12-14,17-19,24-25,27-29H,1-5H2,(H,20,21,23)/t9?,10?,12-,13+,14-,17?,18?,19+/m0/s1. The van der Waals surface area contributed by atoms with E-state index in [0.29, 0.717) is 22.9 Å². The first-order valence-corrected chi connectivity index (χ1v) is 10.9. The molecule has 2 aliphatic heterocycles. The van der Waals surface area contributed by atoms with Gasteiger partial charge in [-0.05, 0) is 38.0 Å². The van der Waals surface area contributed by atoms with Gasteiger partial charge in [0.2, 0.25) is 0 Å². The van der Waals surface area contributed by atoms with Gasteiger partial charge in [-0.15, -0.1) is 0 Å². The van der Waals surface area contributed by atoms with E-state index in [9.17, 15) is 15.3 Å². The van der Waals surface area contributed by atoms with Crippen LogP contribution in [-0.2, 0) is 9.47 Å². The maximum atomic E-state index is 10.7. The molecule has 2 aromatic rings. The van der Waals surface area contributed by atoms with Crippen LogP contribution in [0.1, 0.15) is 38.3 Å². The first kappa shape index (κ1) is 19.7. The molecule has 0 radical (unpaired) electrons. The van der Waals surface area contributed by atoms with E-state index < -0.39 is 36.9 Å². The quantitative estimate of drug-likeness (QED) is 0.342. The second kappa shape index (κ2) is 7.59. The number of fused-ring (bicyclic) bond motifs is 1. The molecule has 4 heterocycles. The van der Waals surface area contributed by atoms with E-state index in [0.717, 1.165) is 32.1 Å². The van der Waals surface area contributed by atoms with E-state index in [-0.39, 0.29) is 12.3 Å². The molecular weight excluding hydrogens is 406 g/mol. The van der Waals surface area contributed by atoms with E-state index in [2.05, 4.69) is 31.1 Å². The summed E-state index contributed by atoms with van der Waals surface area (Å²) in [5, 5.41) is 34.7. The number of nitrogens with one attached hydrogen (secondary N) is 3. The first-order chi connectivity index (χ1) is 15.1. The van der Waals surface area contributed by atoms with Gasteiger partial charge in [0.1, 0.15) is 30.9 Å². The number of aliphatic hydroxyl groups is 3. The Morgan fingerprint density at radius 1 is 0.968 bits per heavy atom. The average Bonchev–Trinajstić information content (AvgIpc) is 3.07. The lowest BCUT2D eigenvalue weighted by atomic mass is 10.1. The van der Waals surface area contributed by atoms with Crippen molar-refractivity contribution in [3.05, 3.63) is 12.7 Å². The minimum atomic E-state index is -1.18. The molecule has 4 unspecified atom stereocenters. The van der Waals surface area contributed by atoms with Gasteiger partial charge in [0.05, 0.1) is 18.5 Å². The maximum Gasteiger partial charge on any atom is 0.167 e. The minimum Gasteiger partial charge on any atom is -0.391 e. The number of hydrazine groups is 1. The Kier molecular flexibility index (Phi) is 4.83. The smallest absolute Gasteiger partial charge is 0.167 e. The van der Waals surface area contributed by atoms with Gasteiger partial charge in [0, 0.05) is 0 Å². The molecule has 6 rings (SSSR count). The number of rotatable bonds is 5. The van der Waals surface area contributed by atoms with E-state index in [1.54, 1.807) is 4.57 Å². The van der Waals surface area contributed by atoms with Crippen LogP contribution in [0.15, 0.2) is 12.7 Å². The van der Waals surface area contributed by atoms with Crippen LogP contribution < -0.4 is 16.2 Å². The number of aliphatic hydroxyl groups excluding tert-OH is 3. The number of anilines is 1. The van der Waals surface area contributed by atoms with Gasteiger partial charge in [-0.25, -0.2) is 25.8 Å². The van der Waals surface area contributed by atoms with Crippen molar-refractivity contribution in [1.29, 1.82) is 0 Å². The van der Waals surface area contributed by atoms with E-state index >= 15 is 0 Å². The van der Waals surface area contributed by atoms with Crippen molar-refractivity contribution in [2.24, 2.45) is 5.92 Å². The predicted molar refractivity (Wildman–Crippen MR) is 106 cm³/mol. The van der Waals surface area contributed by atoms with Crippen molar-refractivity contribution in [2.45, 2.75) is 81.2 Å². The highest BCUT2D eigenvalue weighted by molar-refractivity contribution is 5.82. The average molecular weight is 433 g/mol. The monoisotopic (exact) mass is 433 g/mol. The van der Waals surface area contributed by atoms with Crippen molar-refractivity contribution in [3.8, 4) is 0 Å².